The van der Waals surface area contributed by atoms with Gasteiger partial charge in [-0.1, -0.05) is 12.1 Å². The van der Waals surface area contributed by atoms with Crippen LogP contribution in [0, 0.1) is 5.82 Å². The molecule has 0 spiro atoms. The average molecular weight is 441 g/mol. The molecule has 5 heterocycles. The summed E-state index contributed by atoms with van der Waals surface area (Å²) in [6, 6.07) is 12.4. The lowest BCUT2D eigenvalue weighted by atomic mass is 10.1. The summed E-state index contributed by atoms with van der Waals surface area (Å²) in [5, 5.41) is 11.8. The maximum Gasteiger partial charge on any atom is 0.228 e. The van der Waals surface area contributed by atoms with Crippen LogP contribution in [-0.4, -0.2) is 35.1 Å². The topological polar surface area (TPSA) is 88.2 Å². The number of hydrogen-bond acceptors (Lipinski definition) is 7. The van der Waals surface area contributed by atoms with Gasteiger partial charge in [0.15, 0.2) is 6.17 Å². The zero-order valence-corrected chi connectivity index (χ0v) is 17.7. The summed E-state index contributed by atoms with van der Waals surface area (Å²) < 4.78 is 17.4. The van der Waals surface area contributed by atoms with Crippen LogP contribution in [0.3, 0.4) is 0 Å². The van der Waals surface area contributed by atoms with Crippen molar-refractivity contribution in [2.24, 2.45) is 12.1 Å². The van der Waals surface area contributed by atoms with Gasteiger partial charge in [-0.25, -0.2) is 14.4 Å². The number of benzene rings is 1. The molecule has 2 aliphatic rings. The highest BCUT2D eigenvalue weighted by molar-refractivity contribution is 5.87. The first kappa shape index (κ1) is 19.2. The number of hydrazone groups is 1. The highest BCUT2D eigenvalue weighted by atomic mass is 19.1. The van der Waals surface area contributed by atoms with Gasteiger partial charge < -0.3 is 14.8 Å². The van der Waals surface area contributed by atoms with E-state index in [0.29, 0.717) is 12.4 Å². The van der Waals surface area contributed by atoms with Crippen LogP contribution in [0.15, 0.2) is 72.4 Å². The summed E-state index contributed by atoms with van der Waals surface area (Å²) in [6.45, 7) is 0. The molecular weight excluding hydrogens is 421 g/mol. The van der Waals surface area contributed by atoms with Gasteiger partial charge in [-0.05, 0) is 29.8 Å². The normalized spacial score (nSPS) is 16.2. The van der Waals surface area contributed by atoms with Gasteiger partial charge in [0.25, 0.3) is 0 Å². The van der Waals surface area contributed by atoms with E-state index in [4.69, 9.17) is 0 Å². The average Bonchev–Trinajstić information content (AvgIpc) is 3.53. The first-order valence-corrected chi connectivity index (χ1v) is 10.5. The second-order valence-electron chi connectivity index (χ2n) is 7.86. The SMILES string of the molecule is Cn1nccc1Nc1nccc(-c2cc3n(c2)C=CN2C(Cc4cccc(F)c4)=NNC32)n1. The van der Waals surface area contributed by atoms with Gasteiger partial charge in [-0.3, -0.25) is 10.1 Å². The van der Waals surface area contributed by atoms with Crippen LogP contribution in [0.5, 0.6) is 0 Å². The van der Waals surface area contributed by atoms with E-state index in [1.54, 1.807) is 23.1 Å². The quantitative estimate of drug-likeness (QED) is 0.493. The number of fused-ring (bicyclic) bond motifs is 3. The number of nitrogens with zero attached hydrogens (tertiary/aromatic N) is 7. The Labute approximate surface area is 188 Å². The summed E-state index contributed by atoms with van der Waals surface area (Å²) in [5.74, 6) is 1.89. The minimum Gasteiger partial charge on any atom is -0.322 e. The molecule has 2 aliphatic heterocycles. The number of aromatic nitrogens is 5. The number of aryl methyl sites for hydroxylation is 1. The third-order valence-electron chi connectivity index (χ3n) is 5.70. The standard InChI is InChI=1S/C23H20FN9/c1-31-20(6-8-26-31)28-23-25-7-5-18(27-23)16-13-19-22-30-29-21(33(22)10-9-32(19)14-16)12-15-3-2-4-17(24)11-15/h2-11,13-14,22,30H,12H2,1H3,(H,25,27,28). The van der Waals surface area contributed by atoms with Crippen molar-refractivity contribution in [2.75, 3.05) is 5.32 Å². The predicted molar refractivity (Wildman–Crippen MR) is 123 cm³/mol. The molecule has 2 N–H and O–H groups in total. The maximum absolute atomic E-state index is 13.6. The van der Waals surface area contributed by atoms with Gasteiger partial charge >= 0.3 is 0 Å². The van der Waals surface area contributed by atoms with Crippen molar-refractivity contribution in [2.45, 2.75) is 12.6 Å². The molecule has 0 amide bonds. The molecule has 33 heavy (non-hydrogen) atoms. The Morgan fingerprint density at radius 3 is 2.91 bits per heavy atom. The molecule has 0 bridgehead atoms. The lowest BCUT2D eigenvalue weighted by molar-refractivity contribution is 0.368. The van der Waals surface area contributed by atoms with Gasteiger partial charge in [0, 0.05) is 49.9 Å². The Bertz CT molecular complexity index is 1400. The fourth-order valence-corrected chi connectivity index (χ4v) is 4.06. The number of halogens is 1. The first-order valence-electron chi connectivity index (χ1n) is 10.5. The van der Waals surface area contributed by atoms with E-state index < -0.39 is 0 Å². The maximum atomic E-state index is 13.6. The number of anilines is 2. The van der Waals surface area contributed by atoms with Gasteiger partial charge in [0.05, 0.1) is 17.6 Å². The van der Waals surface area contributed by atoms with Crippen molar-refractivity contribution in [3.05, 3.63) is 84.3 Å². The third kappa shape index (κ3) is 3.51. The Balaban J connectivity index is 1.24. The van der Waals surface area contributed by atoms with E-state index in [9.17, 15) is 4.39 Å². The fourth-order valence-electron chi connectivity index (χ4n) is 4.06. The van der Waals surface area contributed by atoms with Gasteiger partial charge in [0.1, 0.15) is 17.5 Å². The lowest BCUT2D eigenvalue weighted by Gasteiger charge is -2.27. The second-order valence-corrected chi connectivity index (χ2v) is 7.86. The summed E-state index contributed by atoms with van der Waals surface area (Å²) in [4.78, 5) is 11.1. The van der Waals surface area contributed by atoms with Gasteiger partial charge in [-0.2, -0.15) is 10.2 Å². The van der Waals surface area contributed by atoms with Crippen LogP contribution in [0.4, 0.5) is 16.2 Å². The van der Waals surface area contributed by atoms with Crippen molar-refractivity contribution in [1.82, 2.24) is 34.6 Å². The van der Waals surface area contributed by atoms with Crippen LogP contribution < -0.4 is 10.7 Å². The number of rotatable bonds is 5. The molecular formula is C23H20FN9. The largest absolute Gasteiger partial charge is 0.322 e. The molecule has 9 nitrogen and oxygen atoms in total. The number of nitrogens with one attached hydrogen (secondary N) is 2. The molecule has 4 aromatic rings. The molecule has 0 radical (unpaired) electrons. The van der Waals surface area contributed by atoms with Crippen LogP contribution in [0.2, 0.25) is 0 Å². The van der Waals surface area contributed by atoms with Crippen LogP contribution in [-0.2, 0) is 13.5 Å². The van der Waals surface area contributed by atoms with Crippen molar-refractivity contribution in [3.63, 3.8) is 0 Å². The van der Waals surface area contributed by atoms with Crippen LogP contribution >= 0.6 is 0 Å². The minimum absolute atomic E-state index is 0.138. The summed E-state index contributed by atoms with van der Waals surface area (Å²) in [6.07, 6.45) is 9.84. The smallest absolute Gasteiger partial charge is 0.228 e. The third-order valence-corrected chi connectivity index (χ3v) is 5.70. The second kappa shape index (κ2) is 7.59. The Morgan fingerprint density at radius 1 is 1.12 bits per heavy atom. The van der Waals surface area contributed by atoms with Crippen molar-refractivity contribution >= 4 is 23.8 Å². The molecule has 1 aromatic carbocycles. The lowest BCUT2D eigenvalue weighted by Crippen LogP contribution is -2.33. The molecule has 10 heteroatoms. The zero-order valence-electron chi connectivity index (χ0n) is 17.7. The molecule has 0 fully saturated rings. The fraction of sp³-hybridized carbons (Fsp3) is 0.130. The molecule has 0 aliphatic carbocycles. The van der Waals surface area contributed by atoms with E-state index in [-0.39, 0.29) is 12.0 Å². The monoisotopic (exact) mass is 441 g/mol. The van der Waals surface area contributed by atoms with Gasteiger partial charge in [-0.15, -0.1) is 0 Å². The molecule has 0 saturated heterocycles. The molecule has 1 atom stereocenters. The molecule has 1 unspecified atom stereocenters. The van der Waals surface area contributed by atoms with E-state index in [0.717, 1.165) is 34.2 Å². The molecule has 3 aromatic heterocycles. The highest BCUT2D eigenvalue weighted by Gasteiger charge is 2.32. The van der Waals surface area contributed by atoms with Crippen LogP contribution in [0.25, 0.3) is 17.5 Å². The predicted octanol–water partition coefficient (Wildman–Crippen LogP) is 3.46. The Morgan fingerprint density at radius 2 is 2.06 bits per heavy atom. The first-order chi connectivity index (χ1) is 16.1. The minimum atomic E-state index is -0.245. The zero-order chi connectivity index (χ0) is 22.4. The van der Waals surface area contributed by atoms with Crippen molar-refractivity contribution < 1.29 is 4.39 Å². The molecule has 0 saturated carbocycles. The van der Waals surface area contributed by atoms with Crippen LogP contribution in [0.1, 0.15) is 17.4 Å². The van der Waals surface area contributed by atoms with E-state index in [1.165, 1.54) is 12.1 Å². The number of amidine groups is 1. The van der Waals surface area contributed by atoms with E-state index in [2.05, 4.69) is 46.4 Å². The summed E-state index contributed by atoms with van der Waals surface area (Å²) >= 11 is 0. The van der Waals surface area contributed by atoms with Crippen molar-refractivity contribution in [1.29, 1.82) is 0 Å². The summed E-state index contributed by atoms with van der Waals surface area (Å²) in [7, 11) is 1.85. The summed E-state index contributed by atoms with van der Waals surface area (Å²) in [5.41, 5.74) is 6.88. The Kier molecular flexibility index (Phi) is 4.42. The van der Waals surface area contributed by atoms with E-state index in [1.807, 2.05) is 43.8 Å². The highest BCUT2D eigenvalue weighted by Crippen LogP contribution is 2.33. The molecule has 164 valence electrons. The van der Waals surface area contributed by atoms with Gasteiger partial charge in [0.2, 0.25) is 5.95 Å². The van der Waals surface area contributed by atoms with E-state index >= 15 is 0 Å². The number of hydrogen-bond donors (Lipinski definition) is 2. The molecule has 6 rings (SSSR count). The Hall–Kier alpha value is -4.47. The van der Waals surface area contributed by atoms with Crippen molar-refractivity contribution in [3.8, 4) is 11.3 Å².